The van der Waals surface area contributed by atoms with Crippen molar-refractivity contribution in [2.45, 2.75) is 76.6 Å². The largest absolute Gasteiger partial charge is 0.481 e. The maximum Gasteiger partial charge on any atom is 0.303 e. The van der Waals surface area contributed by atoms with E-state index in [1.807, 2.05) is 0 Å². The van der Waals surface area contributed by atoms with Gasteiger partial charge in [0.15, 0.2) is 6.29 Å². The number of unbranched alkanes of at least 4 members (excludes halogenated alkanes) is 2. The molecule has 2 aliphatic rings. The average Bonchev–Trinajstić information content (AvgIpc) is 2.96. The van der Waals surface area contributed by atoms with Crippen LogP contribution in [0.5, 0.6) is 0 Å². The van der Waals surface area contributed by atoms with Gasteiger partial charge < -0.3 is 19.4 Å². The summed E-state index contributed by atoms with van der Waals surface area (Å²) in [5, 5.41) is 8.59. The Hall–Kier alpha value is -1.38. The molecule has 1 heterocycles. The van der Waals surface area contributed by atoms with Crippen molar-refractivity contribution in [1.29, 1.82) is 0 Å². The van der Waals surface area contributed by atoms with Crippen LogP contribution in [0, 0.1) is 23.7 Å². The Morgan fingerprint density at radius 1 is 1.21 bits per heavy atom. The smallest absolute Gasteiger partial charge is 0.303 e. The Balaban J connectivity index is 1.76. The fourth-order valence-corrected chi connectivity index (χ4v) is 3.46. The predicted molar refractivity (Wildman–Crippen MR) is 89.2 cm³/mol. The van der Waals surface area contributed by atoms with Crippen LogP contribution in [-0.2, 0) is 19.1 Å². The van der Waals surface area contributed by atoms with Crippen molar-refractivity contribution in [3.8, 4) is 11.8 Å². The Labute approximate surface area is 144 Å². The van der Waals surface area contributed by atoms with Crippen molar-refractivity contribution >= 4 is 12.3 Å². The van der Waals surface area contributed by atoms with E-state index in [4.69, 9.17) is 14.6 Å². The molecule has 0 aromatic heterocycles. The minimum absolute atomic E-state index is 0.0277. The first-order valence-corrected chi connectivity index (χ1v) is 9.10. The second kappa shape index (κ2) is 10.5. The normalized spacial score (nSPS) is 29.7. The van der Waals surface area contributed by atoms with Crippen LogP contribution in [0.25, 0.3) is 0 Å². The van der Waals surface area contributed by atoms with Gasteiger partial charge in [0.05, 0.1) is 6.10 Å². The summed E-state index contributed by atoms with van der Waals surface area (Å²) in [5.41, 5.74) is 0. The molecule has 134 valence electrons. The lowest BCUT2D eigenvalue weighted by Gasteiger charge is -2.29. The van der Waals surface area contributed by atoms with Crippen molar-refractivity contribution in [1.82, 2.24) is 0 Å². The molecular formula is C19H28O5. The number of carboxylic acids is 1. The summed E-state index contributed by atoms with van der Waals surface area (Å²) < 4.78 is 11.8. The van der Waals surface area contributed by atoms with Gasteiger partial charge in [0.25, 0.3) is 0 Å². The molecule has 5 nitrogen and oxygen atoms in total. The van der Waals surface area contributed by atoms with Crippen molar-refractivity contribution in [2.75, 3.05) is 6.61 Å². The molecule has 0 bridgehead atoms. The molecule has 0 spiro atoms. The number of carbonyl (C=O) groups excluding carboxylic acids is 1. The van der Waals surface area contributed by atoms with E-state index in [0.29, 0.717) is 19.3 Å². The van der Waals surface area contributed by atoms with Crippen LogP contribution in [0.2, 0.25) is 0 Å². The summed E-state index contributed by atoms with van der Waals surface area (Å²) >= 11 is 0. The van der Waals surface area contributed by atoms with Gasteiger partial charge >= 0.3 is 5.97 Å². The first kappa shape index (κ1) is 19.0. The number of hydrogen-bond acceptors (Lipinski definition) is 4. The maximum absolute atomic E-state index is 11.3. The first-order valence-electron chi connectivity index (χ1n) is 9.10. The Morgan fingerprint density at radius 2 is 2.08 bits per heavy atom. The zero-order valence-electron chi connectivity index (χ0n) is 14.2. The molecule has 0 aromatic rings. The fourth-order valence-electron chi connectivity index (χ4n) is 3.46. The van der Waals surface area contributed by atoms with Gasteiger partial charge in [-0.25, -0.2) is 0 Å². The van der Waals surface area contributed by atoms with Crippen LogP contribution in [-0.4, -0.2) is 36.4 Å². The van der Waals surface area contributed by atoms with E-state index in [1.165, 1.54) is 0 Å². The Morgan fingerprint density at radius 3 is 2.79 bits per heavy atom. The van der Waals surface area contributed by atoms with E-state index in [0.717, 1.165) is 51.4 Å². The molecule has 24 heavy (non-hydrogen) atoms. The van der Waals surface area contributed by atoms with Gasteiger partial charge in [0, 0.05) is 37.7 Å². The van der Waals surface area contributed by atoms with Gasteiger partial charge in [-0.3, -0.25) is 4.79 Å². The van der Waals surface area contributed by atoms with E-state index in [9.17, 15) is 9.59 Å². The molecule has 1 aliphatic carbocycles. The van der Waals surface area contributed by atoms with Gasteiger partial charge in [-0.1, -0.05) is 0 Å². The average molecular weight is 336 g/mol. The first-order chi connectivity index (χ1) is 11.7. The molecule has 1 saturated heterocycles. The molecular weight excluding hydrogens is 308 g/mol. The lowest BCUT2D eigenvalue weighted by atomic mass is 9.92. The van der Waals surface area contributed by atoms with Crippen LogP contribution in [0.4, 0.5) is 0 Å². The second-order valence-electron chi connectivity index (χ2n) is 6.67. The van der Waals surface area contributed by atoms with Gasteiger partial charge in [-0.2, -0.15) is 0 Å². The molecule has 4 atom stereocenters. The molecule has 1 aliphatic heterocycles. The summed E-state index contributed by atoms with van der Waals surface area (Å²) in [7, 11) is 0. The van der Waals surface area contributed by atoms with Gasteiger partial charge in [0.1, 0.15) is 6.29 Å². The van der Waals surface area contributed by atoms with Crippen molar-refractivity contribution in [3.05, 3.63) is 0 Å². The molecule has 0 amide bonds. The van der Waals surface area contributed by atoms with E-state index in [2.05, 4.69) is 11.8 Å². The van der Waals surface area contributed by atoms with E-state index in [1.54, 1.807) is 0 Å². The van der Waals surface area contributed by atoms with Crippen molar-refractivity contribution in [3.63, 3.8) is 0 Å². The highest BCUT2D eigenvalue weighted by Crippen LogP contribution is 2.36. The van der Waals surface area contributed by atoms with E-state index >= 15 is 0 Å². The topological polar surface area (TPSA) is 72.8 Å². The minimum Gasteiger partial charge on any atom is -0.481 e. The number of carbonyl (C=O) groups is 2. The summed E-state index contributed by atoms with van der Waals surface area (Å²) in [5.74, 6) is 5.70. The van der Waals surface area contributed by atoms with Gasteiger partial charge in [0.2, 0.25) is 0 Å². The van der Waals surface area contributed by atoms with E-state index in [-0.39, 0.29) is 30.7 Å². The molecule has 0 radical (unpaired) electrons. The predicted octanol–water partition coefficient (Wildman–Crippen LogP) is 3.16. The summed E-state index contributed by atoms with van der Waals surface area (Å²) in [6, 6.07) is 0. The zero-order valence-corrected chi connectivity index (χ0v) is 14.2. The SMILES string of the molecule is O=CC1CCC(OC2CCCCO2)C1CC#CCCCCC(=O)O. The maximum atomic E-state index is 11.3. The highest BCUT2D eigenvalue weighted by Gasteiger charge is 2.37. The number of carboxylic acid groups (broad SMARTS) is 1. The number of aliphatic carboxylic acids is 1. The quantitative estimate of drug-likeness (QED) is 0.419. The number of aldehydes is 1. The van der Waals surface area contributed by atoms with Crippen LogP contribution < -0.4 is 0 Å². The van der Waals surface area contributed by atoms with Crippen molar-refractivity contribution in [2.24, 2.45) is 11.8 Å². The molecule has 2 rings (SSSR count). The molecule has 2 fully saturated rings. The number of ether oxygens (including phenoxy) is 2. The third kappa shape index (κ3) is 6.26. The van der Waals surface area contributed by atoms with Crippen LogP contribution >= 0.6 is 0 Å². The monoisotopic (exact) mass is 336 g/mol. The standard InChI is InChI=1S/C19H28O5/c20-14-15-11-12-17(24-19-10-6-7-13-23-19)16(15)8-4-2-1-3-5-9-18(21)22/h14-17,19H,1,3,5-13H2,(H,21,22). The third-order valence-electron chi connectivity index (χ3n) is 4.86. The Bertz CT molecular complexity index is 458. The van der Waals surface area contributed by atoms with Gasteiger partial charge in [-0.15, -0.1) is 11.8 Å². The fraction of sp³-hybridized carbons (Fsp3) is 0.789. The number of rotatable bonds is 8. The highest BCUT2D eigenvalue weighted by atomic mass is 16.7. The Kier molecular flexibility index (Phi) is 8.27. The minimum atomic E-state index is -0.757. The number of hydrogen-bond donors (Lipinski definition) is 1. The molecule has 0 aromatic carbocycles. The summed E-state index contributed by atoms with van der Waals surface area (Å²) in [6.45, 7) is 0.759. The molecule has 1 N–H and O–H groups in total. The lowest BCUT2D eigenvalue weighted by molar-refractivity contribution is -0.195. The second-order valence-corrected chi connectivity index (χ2v) is 6.67. The molecule has 4 unspecified atom stereocenters. The van der Waals surface area contributed by atoms with Crippen molar-refractivity contribution < 1.29 is 24.2 Å². The third-order valence-corrected chi connectivity index (χ3v) is 4.86. The highest BCUT2D eigenvalue weighted by molar-refractivity contribution is 5.66. The van der Waals surface area contributed by atoms with Gasteiger partial charge in [-0.05, 0) is 44.9 Å². The lowest BCUT2D eigenvalue weighted by Crippen LogP contribution is -2.31. The van der Waals surface area contributed by atoms with Crippen LogP contribution in [0.15, 0.2) is 0 Å². The molecule has 1 saturated carbocycles. The van der Waals surface area contributed by atoms with Crippen LogP contribution in [0.1, 0.15) is 64.2 Å². The summed E-state index contributed by atoms with van der Waals surface area (Å²) in [4.78, 5) is 21.7. The zero-order chi connectivity index (χ0) is 17.2. The molecule has 5 heteroatoms. The summed E-state index contributed by atoms with van der Waals surface area (Å²) in [6.07, 6.45) is 8.96. The van der Waals surface area contributed by atoms with E-state index < -0.39 is 5.97 Å². The van der Waals surface area contributed by atoms with Crippen LogP contribution in [0.3, 0.4) is 0 Å².